The van der Waals surface area contributed by atoms with Gasteiger partial charge in [0.2, 0.25) is 0 Å². The number of hydrogen-bond donors (Lipinski definition) is 1. The number of benzene rings is 1. The van der Waals surface area contributed by atoms with E-state index in [1.807, 2.05) is 12.3 Å². The van der Waals surface area contributed by atoms with Crippen LogP contribution in [0.2, 0.25) is 0 Å². The molecule has 0 heterocycles. The quantitative estimate of drug-likeness (QED) is 0.233. The number of rotatable bonds is 9. The summed E-state index contributed by atoms with van der Waals surface area (Å²) in [5, 5.41) is 0. The van der Waals surface area contributed by atoms with E-state index < -0.39 is 0 Å². The summed E-state index contributed by atoms with van der Waals surface area (Å²) in [6.07, 6.45) is 7.81. The van der Waals surface area contributed by atoms with Gasteiger partial charge in [0.15, 0.2) is 11.9 Å². The Morgan fingerprint density at radius 2 is 2.05 bits per heavy atom. The molecule has 118 valence electrons. The molecule has 0 atom stereocenters. The van der Waals surface area contributed by atoms with Gasteiger partial charge < -0.3 is 4.90 Å². The highest BCUT2D eigenvalue weighted by Crippen LogP contribution is 2.16. The summed E-state index contributed by atoms with van der Waals surface area (Å²) < 4.78 is 2.06. The average Bonchev–Trinajstić information content (AvgIpc) is 2.55. The first-order valence-corrected chi connectivity index (χ1v) is 9.33. The number of anilines is 1. The molecule has 1 aromatic carbocycles. The van der Waals surface area contributed by atoms with E-state index in [2.05, 4.69) is 78.6 Å². The van der Waals surface area contributed by atoms with Crippen molar-refractivity contribution < 1.29 is 4.58 Å². The van der Waals surface area contributed by atoms with Crippen LogP contribution in [-0.4, -0.2) is 36.7 Å². The fourth-order valence-electron chi connectivity index (χ4n) is 1.97. The Balaban J connectivity index is 2.71. The van der Waals surface area contributed by atoms with Crippen molar-refractivity contribution in [1.82, 2.24) is 0 Å². The molecule has 0 fully saturated rings. The van der Waals surface area contributed by atoms with Gasteiger partial charge in [0.1, 0.15) is 6.54 Å². The van der Waals surface area contributed by atoms with Gasteiger partial charge in [0, 0.05) is 31.1 Å². The lowest BCUT2D eigenvalue weighted by molar-refractivity contribution is -0.461. The van der Waals surface area contributed by atoms with Crippen molar-refractivity contribution in [1.29, 1.82) is 0 Å². The predicted octanol–water partition coefficient (Wildman–Crippen LogP) is 4.52. The van der Waals surface area contributed by atoms with Crippen LogP contribution in [0.25, 0.3) is 6.08 Å². The van der Waals surface area contributed by atoms with Crippen LogP contribution in [0.3, 0.4) is 0 Å². The van der Waals surface area contributed by atoms with Crippen molar-refractivity contribution in [3.8, 4) is 0 Å². The Kier molecular flexibility index (Phi) is 8.78. The van der Waals surface area contributed by atoms with Gasteiger partial charge in [-0.3, -0.25) is 0 Å². The fourth-order valence-corrected chi connectivity index (χ4v) is 2.57. The second-order valence-electron chi connectivity index (χ2n) is 4.84. The minimum Gasteiger partial charge on any atom is -0.374 e. The van der Waals surface area contributed by atoms with Gasteiger partial charge >= 0.3 is 0 Å². The molecule has 4 heteroatoms. The topological polar surface area (TPSA) is 6.25 Å². The zero-order chi connectivity index (χ0) is 16.4. The summed E-state index contributed by atoms with van der Waals surface area (Å²) in [6.45, 7) is 11.8. The van der Waals surface area contributed by atoms with E-state index in [0.717, 1.165) is 30.1 Å². The van der Waals surface area contributed by atoms with E-state index in [1.54, 1.807) is 16.9 Å². The lowest BCUT2D eigenvalue weighted by Crippen LogP contribution is -2.19. The lowest BCUT2D eigenvalue weighted by atomic mass is 10.1. The molecule has 0 aromatic heterocycles. The lowest BCUT2D eigenvalue weighted by Gasteiger charge is -2.18. The van der Waals surface area contributed by atoms with E-state index in [1.165, 1.54) is 5.69 Å². The zero-order valence-corrected chi connectivity index (χ0v) is 15.1. The molecule has 0 N–H and O–H groups in total. The normalized spacial score (nSPS) is 11.7. The van der Waals surface area contributed by atoms with Crippen LogP contribution in [-0.2, 0) is 0 Å². The monoisotopic (exact) mass is 333 g/mol. The van der Waals surface area contributed by atoms with E-state index >= 15 is 0 Å². The molecule has 0 saturated carbocycles. The Bertz CT molecular complexity index is 545. The van der Waals surface area contributed by atoms with Gasteiger partial charge in [-0.2, -0.15) is 4.58 Å². The maximum Gasteiger partial charge on any atom is 0.197 e. The van der Waals surface area contributed by atoms with Gasteiger partial charge in [0.05, 0.1) is 0 Å². The van der Waals surface area contributed by atoms with Crippen LogP contribution in [0.5, 0.6) is 0 Å². The fraction of sp³-hybridized carbons (Fsp3) is 0.278. The smallest absolute Gasteiger partial charge is 0.197 e. The molecule has 0 radical (unpaired) electrons. The average molecular weight is 334 g/mol. The molecular weight excluding hydrogens is 308 g/mol. The van der Waals surface area contributed by atoms with Crippen LogP contribution < -0.4 is 4.90 Å². The van der Waals surface area contributed by atoms with Gasteiger partial charge in [0.25, 0.3) is 0 Å². The van der Waals surface area contributed by atoms with Crippen LogP contribution in [0.1, 0.15) is 12.5 Å². The summed E-state index contributed by atoms with van der Waals surface area (Å²) in [4.78, 5) is 2.23. The minimum absolute atomic E-state index is 0.877. The summed E-state index contributed by atoms with van der Waals surface area (Å²) in [7, 11) is 3.66. The SMILES string of the molecule is C=CC=[N+](CC)C(=C)/C=C/c1ccc(N(C)CCSS)cc1. The van der Waals surface area contributed by atoms with E-state index in [-0.39, 0.29) is 0 Å². The molecule has 0 bridgehead atoms. The third-order valence-corrected chi connectivity index (χ3v) is 4.23. The number of nitrogens with zero attached hydrogens (tertiary/aromatic N) is 2. The molecule has 0 spiro atoms. The number of allylic oxidation sites excluding steroid dienone is 2. The third-order valence-electron chi connectivity index (χ3n) is 3.31. The van der Waals surface area contributed by atoms with E-state index in [4.69, 9.17) is 0 Å². The van der Waals surface area contributed by atoms with Crippen molar-refractivity contribution in [3.63, 3.8) is 0 Å². The molecule has 22 heavy (non-hydrogen) atoms. The molecule has 0 amide bonds. The summed E-state index contributed by atoms with van der Waals surface area (Å²) >= 11 is 4.17. The van der Waals surface area contributed by atoms with Gasteiger partial charge in [-0.25, -0.2) is 0 Å². The molecule has 2 nitrogen and oxygen atoms in total. The summed E-state index contributed by atoms with van der Waals surface area (Å²) in [6, 6.07) is 8.52. The Morgan fingerprint density at radius 1 is 1.36 bits per heavy atom. The molecule has 0 aliphatic heterocycles. The molecule has 0 saturated heterocycles. The van der Waals surface area contributed by atoms with Crippen LogP contribution in [0, 0.1) is 0 Å². The highest BCUT2D eigenvalue weighted by atomic mass is 33.1. The molecule has 1 aromatic rings. The number of hydrogen-bond acceptors (Lipinski definition) is 3. The van der Waals surface area contributed by atoms with Crippen molar-refractivity contribution in [2.75, 3.05) is 30.8 Å². The largest absolute Gasteiger partial charge is 0.374 e. The van der Waals surface area contributed by atoms with Gasteiger partial charge in [-0.05, 0) is 43.4 Å². The second-order valence-corrected chi connectivity index (χ2v) is 6.28. The Morgan fingerprint density at radius 3 is 2.59 bits per heavy atom. The molecule has 0 aliphatic carbocycles. The molecular formula is C18H25N2S2+. The standard InChI is InChI=1S/C18H24N2S2/c1-5-13-20(6-2)16(3)7-8-17-9-11-18(12-10-17)19(4)14-15-22-21/h5,7-13H,1,3,6,14-15H2,2,4H3/p+1/b8-7+,20-13?. The molecule has 0 aliphatic rings. The van der Waals surface area contributed by atoms with Crippen LogP contribution in [0.15, 0.2) is 55.3 Å². The zero-order valence-electron chi connectivity index (χ0n) is 13.4. The molecule has 0 unspecified atom stereocenters. The maximum absolute atomic E-state index is 4.17. The van der Waals surface area contributed by atoms with Crippen molar-refractivity contribution in [3.05, 3.63) is 60.8 Å². The summed E-state index contributed by atoms with van der Waals surface area (Å²) in [5.74, 6) is 1.01. The van der Waals surface area contributed by atoms with Crippen molar-refractivity contribution >= 4 is 40.4 Å². The maximum atomic E-state index is 4.17. The number of thiol groups is 1. The third kappa shape index (κ3) is 6.16. The first kappa shape index (κ1) is 18.7. The van der Waals surface area contributed by atoms with Crippen molar-refractivity contribution in [2.45, 2.75) is 6.92 Å². The Labute approximate surface area is 143 Å². The van der Waals surface area contributed by atoms with E-state index in [9.17, 15) is 0 Å². The van der Waals surface area contributed by atoms with E-state index in [0.29, 0.717) is 0 Å². The molecule has 1 rings (SSSR count). The second kappa shape index (κ2) is 10.4. The van der Waals surface area contributed by atoms with Crippen LogP contribution >= 0.6 is 22.5 Å². The minimum atomic E-state index is 0.877. The first-order chi connectivity index (χ1) is 10.6. The highest BCUT2D eigenvalue weighted by Gasteiger charge is 2.03. The highest BCUT2D eigenvalue weighted by molar-refractivity contribution is 8.68. The number of likely N-dealkylation sites (N-methyl/N-ethyl adjacent to an activating group) is 1. The van der Waals surface area contributed by atoms with Gasteiger partial charge in [-0.1, -0.05) is 29.5 Å². The summed E-state index contributed by atoms with van der Waals surface area (Å²) in [5.41, 5.74) is 3.33. The van der Waals surface area contributed by atoms with Crippen molar-refractivity contribution in [2.24, 2.45) is 0 Å². The predicted molar refractivity (Wildman–Crippen MR) is 106 cm³/mol. The van der Waals surface area contributed by atoms with Gasteiger partial charge in [-0.15, -0.1) is 11.7 Å². The first-order valence-electron chi connectivity index (χ1n) is 7.29. The van der Waals surface area contributed by atoms with Crippen LogP contribution in [0.4, 0.5) is 5.69 Å². The Hall–Kier alpha value is -1.39.